The van der Waals surface area contributed by atoms with E-state index in [9.17, 15) is 4.79 Å². The summed E-state index contributed by atoms with van der Waals surface area (Å²) in [6, 6.07) is 0. The van der Waals surface area contributed by atoms with Crippen molar-refractivity contribution < 1.29 is 9.53 Å². The summed E-state index contributed by atoms with van der Waals surface area (Å²) in [6.45, 7) is 3.55. The van der Waals surface area contributed by atoms with Gasteiger partial charge in [0, 0.05) is 5.03 Å². The van der Waals surface area contributed by atoms with Gasteiger partial charge in [0.1, 0.15) is 0 Å². The second-order valence-electron chi connectivity index (χ2n) is 2.07. The molecule has 0 unspecified atom stereocenters. The topological polar surface area (TPSA) is 26.3 Å². The molecule has 0 fully saturated rings. The van der Waals surface area contributed by atoms with Gasteiger partial charge in [0.2, 0.25) is 0 Å². The molecule has 2 nitrogen and oxygen atoms in total. The molecule has 0 aromatic rings. The zero-order chi connectivity index (χ0) is 8.15. The van der Waals surface area contributed by atoms with E-state index in [0.717, 1.165) is 5.57 Å². The third-order valence-corrected chi connectivity index (χ3v) is 1.55. The van der Waals surface area contributed by atoms with Gasteiger partial charge >= 0.3 is 5.97 Å². The molecule has 0 saturated carbocycles. The van der Waals surface area contributed by atoms with Crippen LogP contribution in [-0.2, 0) is 9.53 Å². The van der Waals surface area contributed by atoms with Crippen molar-refractivity contribution in [1.82, 2.24) is 0 Å². The molecule has 0 aromatic heterocycles. The van der Waals surface area contributed by atoms with Gasteiger partial charge < -0.3 is 4.74 Å². The van der Waals surface area contributed by atoms with Crippen molar-refractivity contribution in [3.8, 4) is 0 Å². The lowest BCUT2D eigenvalue weighted by atomic mass is 10.2. The zero-order valence-electron chi connectivity index (χ0n) is 6.40. The first-order valence-corrected chi connectivity index (χ1v) is 3.34. The van der Waals surface area contributed by atoms with Crippen LogP contribution in [0.2, 0.25) is 0 Å². The van der Waals surface area contributed by atoms with Gasteiger partial charge in [-0.2, -0.15) is 0 Å². The van der Waals surface area contributed by atoms with Crippen molar-refractivity contribution >= 4 is 17.6 Å². The van der Waals surface area contributed by atoms with Crippen LogP contribution in [0.1, 0.15) is 20.3 Å². The summed E-state index contributed by atoms with van der Waals surface area (Å²) >= 11 is 5.60. The van der Waals surface area contributed by atoms with Crippen molar-refractivity contribution in [2.45, 2.75) is 20.3 Å². The minimum atomic E-state index is -0.252. The Kier molecular flexibility index (Phi) is 4.12. The average Bonchev–Trinajstić information content (AvgIpc) is 1.87. The molecule has 0 N–H and O–H groups in total. The number of ether oxygens (including phenoxy) is 1. The van der Waals surface area contributed by atoms with Crippen LogP contribution in [0.3, 0.4) is 0 Å². The van der Waals surface area contributed by atoms with E-state index in [2.05, 4.69) is 4.74 Å². The molecule has 0 heterocycles. The summed E-state index contributed by atoms with van der Waals surface area (Å²) in [4.78, 5) is 10.6. The molecular formula is C7H11ClO2. The Labute approximate surface area is 65.8 Å². The molecule has 0 spiro atoms. The van der Waals surface area contributed by atoms with Gasteiger partial charge in [-0.05, 0) is 19.4 Å². The first-order valence-electron chi connectivity index (χ1n) is 2.96. The summed E-state index contributed by atoms with van der Waals surface area (Å²) < 4.78 is 4.44. The van der Waals surface area contributed by atoms with Gasteiger partial charge in [-0.1, -0.05) is 11.6 Å². The maximum atomic E-state index is 10.6. The third-order valence-electron chi connectivity index (χ3n) is 1.23. The van der Waals surface area contributed by atoms with E-state index in [0.29, 0.717) is 5.03 Å². The lowest BCUT2D eigenvalue weighted by Crippen LogP contribution is -2.00. The molecule has 0 aromatic carbocycles. The van der Waals surface area contributed by atoms with E-state index in [1.165, 1.54) is 7.11 Å². The number of methoxy groups -OCH3 is 1. The number of rotatable bonds is 2. The number of allylic oxidation sites excluding steroid dienone is 1. The van der Waals surface area contributed by atoms with Crippen molar-refractivity contribution in [1.29, 1.82) is 0 Å². The van der Waals surface area contributed by atoms with Crippen LogP contribution in [0.5, 0.6) is 0 Å². The smallest absolute Gasteiger partial charge is 0.309 e. The highest BCUT2D eigenvalue weighted by Crippen LogP contribution is 2.11. The molecule has 0 aliphatic heterocycles. The van der Waals surface area contributed by atoms with E-state index in [1.807, 2.05) is 0 Å². The number of halogens is 1. The number of carbonyl (C=O) groups excluding carboxylic acids is 1. The first kappa shape index (κ1) is 9.50. The van der Waals surface area contributed by atoms with Gasteiger partial charge in [0.15, 0.2) is 0 Å². The number of hydrogen-bond donors (Lipinski definition) is 0. The molecule has 0 rings (SSSR count). The largest absolute Gasteiger partial charge is 0.469 e. The fourth-order valence-corrected chi connectivity index (χ4v) is 0.477. The molecule has 0 aliphatic carbocycles. The highest BCUT2D eigenvalue weighted by Gasteiger charge is 2.02. The summed E-state index contributed by atoms with van der Waals surface area (Å²) in [5.74, 6) is -0.252. The highest BCUT2D eigenvalue weighted by molar-refractivity contribution is 6.29. The molecule has 0 saturated heterocycles. The molecule has 0 radical (unpaired) electrons. The molecule has 58 valence electrons. The van der Waals surface area contributed by atoms with E-state index < -0.39 is 0 Å². The Bertz CT molecular complexity index is 157. The van der Waals surface area contributed by atoms with Crippen LogP contribution in [0.15, 0.2) is 10.6 Å². The summed E-state index contributed by atoms with van der Waals surface area (Å²) in [6.07, 6.45) is 0.284. The molecule has 0 aliphatic rings. The minimum absolute atomic E-state index is 0.252. The van der Waals surface area contributed by atoms with Crippen molar-refractivity contribution in [2.75, 3.05) is 7.11 Å². The fourth-order valence-electron chi connectivity index (χ4n) is 0.410. The lowest BCUT2D eigenvalue weighted by Gasteiger charge is -1.99. The molecule has 10 heavy (non-hydrogen) atoms. The van der Waals surface area contributed by atoms with Crippen LogP contribution in [0.4, 0.5) is 0 Å². The number of esters is 1. The highest BCUT2D eigenvalue weighted by atomic mass is 35.5. The quantitative estimate of drug-likeness (QED) is 0.582. The van der Waals surface area contributed by atoms with Gasteiger partial charge in [-0.3, -0.25) is 4.79 Å². The number of hydrogen-bond acceptors (Lipinski definition) is 2. The summed E-state index contributed by atoms with van der Waals surface area (Å²) in [7, 11) is 1.36. The molecule has 3 heteroatoms. The van der Waals surface area contributed by atoms with Crippen LogP contribution in [0.25, 0.3) is 0 Å². The van der Waals surface area contributed by atoms with E-state index in [1.54, 1.807) is 13.8 Å². The lowest BCUT2D eigenvalue weighted by molar-refractivity contribution is -0.139. The van der Waals surface area contributed by atoms with Crippen LogP contribution < -0.4 is 0 Å². The van der Waals surface area contributed by atoms with Crippen molar-refractivity contribution in [3.05, 3.63) is 10.6 Å². The van der Waals surface area contributed by atoms with E-state index >= 15 is 0 Å². The van der Waals surface area contributed by atoms with Gasteiger partial charge in [0.25, 0.3) is 0 Å². The first-order chi connectivity index (χ1) is 4.57. The van der Waals surface area contributed by atoms with E-state index in [-0.39, 0.29) is 12.4 Å². The standard InChI is InChI=1S/C7H11ClO2/c1-5(6(2)8)4-7(9)10-3/h4H2,1-3H3/b6-5+. The van der Waals surface area contributed by atoms with Crippen LogP contribution >= 0.6 is 11.6 Å². The fraction of sp³-hybridized carbons (Fsp3) is 0.571. The monoisotopic (exact) mass is 162 g/mol. The van der Waals surface area contributed by atoms with Crippen molar-refractivity contribution in [3.63, 3.8) is 0 Å². The summed E-state index contributed by atoms with van der Waals surface area (Å²) in [5, 5.41) is 0.658. The van der Waals surface area contributed by atoms with Gasteiger partial charge in [0.05, 0.1) is 13.5 Å². The third kappa shape index (κ3) is 3.51. The Morgan fingerprint density at radius 1 is 1.50 bits per heavy atom. The molecular weight excluding hydrogens is 152 g/mol. The number of carbonyl (C=O) groups is 1. The zero-order valence-corrected chi connectivity index (χ0v) is 7.16. The average molecular weight is 163 g/mol. The van der Waals surface area contributed by atoms with Crippen molar-refractivity contribution in [2.24, 2.45) is 0 Å². The second-order valence-corrected chi connectivity index (χ2v) is 2.63. The molecule has 0 atom stereocenters. The molecule has 0 bridgehead atoms. The van der Waals surface area contributed by atoms with E-state index in [4.69, 9.17) is 11.6 Å². The maximum Gasteiger partial charge on any atom is 0.309 e. The molecule has 0 amide bonds. The predicted molar refractivity (Wildman–Crippen MR) is 40.9 cm³/mol. The summed E-state index contributed by atoms with van der Waals surface area (Å²) in [5.41, 5.74) is 0.855. The Morgan fingerprint density at radius 3 is 2.30 bits per heavy atom. The van der Waals surface area contributed by atoms with Crippen LogP contribution in [-0.4, -0.2) is 13.1 Å². The van der Waals surface area contributed by atoms with Crippen LogP contribution in [0, 0.1) is 0 Å². The minimum Gasteiger partial charge on any atom is -0.469 e. The Hall–Kier alpha value is -0.500. The normalized spacial score (nSPS) is 12.4. The second kappa shape index (κ2) is 4.34. The van der Waals surface area contributed by atoms with Gasteiger partial charge in [-0.25, -0.2) is 0 Å². The predicted octanol–water partition coefficient (Wildman–Crippen LogP) is 2.08. The Balaban J connectivity index is 3.92. The maximum absolute atomic E-state index is 10.6. The Morgan fingerprint density at radius 2 is 2.00 bits per heavy atom. The van der Waals surface area contributed by atoms with Gasteiger partial charge in [-0.15, -0.1) is 0 Å². The SMILES string of the molecule is COC(=O)C/C(C)=C(\C)Cl.